The average Bonchev–Trinajstić information content (AvgIpc) is 2.23. The standard InChI is InChI=1S/C13H17NO/c1-2-6-12-10(4-1)5-3-7-13(12)15-11-8-14-9-11/h1-2,4,6,11,13-14H,3,5,7-9H2. The van der Waals surface area contributed by atoms with Crippen molar-refractivity contribution in [1.82, 2.24) is 5.32 Å². The number of fused-ring (bicyclic) bond motifs is 1. The molecule has 0 bridgehead atoms. The lowest BCUT2D eigenvalue weighted by molar-refractivity contribution is -0.0462. The average molecular weight is 203 g/mol. The molecule has 2 aliphatic rings. The van der Waals surface area contributed by atoms with E-state index in [0.29, 0.717) is 12.2 Å². The fourth-order valence-corrected chi connectivity index (χ4v) is 2.44. The van der Waals surface area contributed by atoms with Gasteiger partial charge in [0.05, 0.1) is 12.2 Å². The van der Waals surface area contributed by atoms with Crippen LogP contribution in [0.15, 0.2) is 24.3 Å². The first-order valence-electron chi connectivity index (χ1n) is 5.87. The van der Waals surface area contributed by atoms with Crippen molar-refractivity contribution < 1.29 is 4.74 Å². The summed E-state index contributed by atoms with van der Waals surface area (Å²) >= 11 is 0. The van der Waals surface area contributed by atoms with E-state index in [1.165, 1.54) is 30.4 Å². The number of hydrogen-bond donors (Lipinski definition) is 1. The molecule has 1 atom stereocenters. The molecule has 1 heterocycles. The van der Waals surface area contributed by atoms with Crippen molar-refractivity contribution in [1.29, 1.82) is 0 Å². The van der Waals surface area contributed by atoms with E-state index >= 15 is 0 Å². The second-order valence-electron chi connectivity index (χ2n) is 4.50. The maximum atomic E-state index is 6.09. The van der Waals surface area contributed by atoms with Crippen LogP contribution in [0.25, 0.3) is 0 Å². The summed E-state index contributed by atoms with van der Waals surface area (Å²) < 4.78 is 6.09. The zero-order valence-electron chi connectivity index (χ0n) is 8.91. The third-order valence-electron chi connectivity index (χ3n) is 3.42. The molecule has 1 fully saturated rings. The molecular formula is C13H17NO. The first-order chi connectivity index (χ1) is 7.43. The Morgan fingerprint density at radius 3 is 2.87 bits per heavy atom. The van der Waals surface area contributed by atoms with E-state index in [-0.39, 0.29) is 0 Å². The summed E-state index contributed by atoms with van der Waals surface area (Å²) in [5, 5.41) is 3.25. The minimum Gasteiger partial charge on any atom is -0.368 e. The Kier molecular flexibility index (Phi) is 2.47. The van der Waals surface area contributed by atoms with Crippen molar-refractivity contribution in [3.63, 3.8) is 0 Å². The van der Waals surface area contributed by atoms with Gasteiger partial charge in [-0.25, -0.2) is 0 Å². The first-order valence-corrected chi connectivity index (χ1v) is 5.87. The fraction of sp³-hybridized carbons (Fsp3) is 0.538. The van der Waals surface area contributed by atoms with Crippen LogP contribution in [-0.4, -0.2) is 19.2 Å². The van der Waals surface area contributed by atoms with Gasteiger partial charge in [0.1, 0.15) is 0 Å². The molecule has 80 valence electrons. The van der Waals surface area contributed by atoms with Crippen molar-refractivity contribution in [3.05, 3.63) is 35.4 Å². The molecule has 1 aromatic carbocycles. The number of aryl methyl sites for hydroxylation is 1. The van der Waals surface area contributed by atoms with E-state index in [0.717, 1.165) is 13.1 Å². The molecule has 0 amide bonds. The normalized spacial score (nSPS) is 25.7. The number of benzene rings is 1. The molecule has 1 aliphatic heterocycles. The van der Waals surface area contributed by atoms with E-state index in [1.807, 2.05) is 0 Å². The molecule has 2 nitrogen and oxygen atoms in total. The number of rotatable bonds is 2. The van der Waals surface area contributed by atoms with Gasteiger partial charge < -0.3 is 10.1 Å². The lowest BCUT2D eigenvalue weighted by Crippen LogP contribution is -2.49. The van der Waals surface area contributed by atoms with Crippen LogP contribution in [0.2, 0.25) is 0 Å². The van der Waals surface area contributed by atoms with Gasteiger partial charge in [-0.05, 0) is 30.4 Å². The summed E-state index contributed by atoms with van der Waals surface area (Å²) in [5.74, 6) is 0. The van der Waals surface area contributed by atoms with E-state index in [4.69, 9.17) is 4.74 Å². The maximum Gasteiger partial charge on any atom is 0.0832 e. The van der Waals surface area contributed by atoms with Crippen LogP contribution in [0.4, 0.5) is 0 Å². The molecule has 0 aromatic heterocycles. The largest absolute Gasteiger partial charge is 0.368 e. The smallest absolute Gasteiger partial charge is 0.0832 e. The predicted octanol–water partition coefficient (Wildman–Crippen LogP) is 2.05. The lowest BCUT2D eigenvalue weighted by Gasteiger charge is -2.34. The van der Waals surface area contributed by atoms with Gasteiger partial charge in [0.25, 0.3) is 0 Å². The van der Waals surface area contributed by atoms with Crippen LogP contribution < -0.4 is 5.32 Å². The van der Waals surface area contributed by atoms with E-state index in [2.05, 4.69) is 29.6 Å². The Morgan fingerprint density at radius 2 is 2.07 bits per heavy atom. The van der Waals surface area contributed by atoms with Gasteiger partial charge in [0.15, 0.2) is 0 Å². The van der Waals surface area contributed by atoms with Crippen LogP contribution >= 0.6 is 0 Å². The Hall–Kier alpha value is -0.860. The first kappa shape index (κ1) is 9.37. The predicted molar refractivity (Wildman–Crippen MR) is 59.9 cm³/mol. The third kappa shape index (κ3) is 1.80. The number of nitrogens with one attached hydrogen (secondary N) is 1. The lowest BCUT2D eigenvalue weighted by atomic mass is 9.89. The maximum absolute atomic E-state index is 6.09. The van der Waals surface area contributed by atoms with E-state index < -0.39 is 0 Å². The monoisotopic (exact) mass is 203 g/mol. The fourth-order valence-electron chi connectivity index (χ4n) is 2.44. The van der Waals surface area contributed by atoms with E-state index in [9.17, 15) is 0 Å². The second-order valence-corrected chi connectivity index (χ2v) is 4.50. The van der Waals surface area contributed by atoms with Crippen LogP contribution in [0.1, 0.15) is 30.1 Å². The molecule has 1 N–H and O–H groups in total. The highest BCUT2D eigenvalue weighted by atomic mass is 16.5. The van der Waals surface area contributed by atoms with Gasteiger partial charge in [-0.3, -0.25) is 0 Å². The number of ether oxygens (including phenoxy) is 1. The summed E-state index contributed by atoms with van der Waals surface area (Å²) in [5.41, 5.74) is 2.91. The molecule has 0 saturated carbocycles. The van der Waals surface area contributed by atoms with Crippen LogP contribution in [0.3, 0.4) is 0 Å². The highest BCUT2D eigenvalue weighted by Gasteiger charge is 2.26. The highest BCUT2D eigenvalue weighted by molar-refractivity contribution is 5.31. The Bertz CT molecular complexity index is 346. The minimum atomic E-state index is 0.349. The molecule has 0 spiro atoms. The Morgan fingerprint density at radius 1 is 1.20 bits per heavy atom. The minimum absolute atomic E-state index is 0.349. The van der Waals surface area contributed by atoms with Crippen LogP contribution in [-0.2, 0) is 11.2 Å². The van der Waals surface area contributed by atoms with Gasteiger partial charge in [-0.15, -0.1) is 0 Å². The van der Waals surface area contributed by atoms with Crippen molar-refractivity contribution in [2.45, 2.75) is 31.5 Å². The van der Waals surface area contributed by atoms with Crippen molar-refractivity contribution in [2.24, 2.45) is 0 Å². The van der Waals surface area contributed by atoms with Gasteiger partial charge in [-0.2, -0.15) is 0 Å². The van der Waals surface area contributed by atoms with Crippen molar-refractivity contribution in [2.75, 3.05) is 13.1 Å². The SMILES string of the molecule is c1ccc2c(c1)CCCC2OC1CNC1. The molecule has 0 radical (unpaired) electrons. The summed E-state index contributed by atoms with van der Waals surface area (Å²) in [6.07, 6.45) is 4.47. The molecule has 1 unspecified atom stereocenters. The molecule has 15 heavy (non-hydrogen) atoms. The second kappa shape index (κ2) is 3.95. The number of hydrogen-bond acceptors (Lipinski definition) is 2. The molecule has 1 aromatic rings. The topological polar surface area (TPSA) is 21.3 Å². The van der Waals surface area contributed by atoms with Gasteiger partial charge >= 0.3 is 0 Å². The van der Waals surface area contributed by atoms with Crippen molar-refractivity contribution in [3.8, 4) is 0 Å². The Balaban J connectivity index is 1.79. The molecule has 1 aliphatic carbocycles. The molecular weight excluding hydrogens is 186 g/mol. The molecule has 1 saturated heterocycles. The van der Waals surface area contributed by atoms with E-state index in [1.54, 1.807) is 0 Å². The summed E-state index contributed by atoms with van der Waals surface area (Å²) in [6, 6.07) is 8.72. The summed E-state index contributed by atoms with van der Waals surface area (Å²) in [6.45, 7) is 2.05. The summed E-state index contributed by atoms with van der Waals surface area (Å²) in [4.78, 5) is 0. The quantitative estimate of drug-likeness (QED) is 0.794. The van der Waals surface area contributed by atoms with Crippen LogP contribution in [0.5, 0.6) is 0 Å². The molecule has 3 rings (SSSR count). The zero-order valence-corrected chi connectivity index (χ0v) is 8.91. The zero-order chi connectivity index (χ0) is 10.1. The Labute approximate surface area is 90.6 Å². The third-order valence-corrected chi connectivity index (χ3v) is 3.42. The van der Waals surface area contributed by atoms with Gasteiger partial charge in [0.2, 0.25) is 0 Å². The van der Waals surface area contributed by atoms with Crippen molar-refractivity contribution >= 4 is 0 Å². The van der Waals surface area contributed by atoms with Crippen LogP contribution in [0, 0.1) is 0 Å². The summed E-state index contributed by atoms with van der Waals surface area (Å²) in [7, 11) is 0. The molecule has 2 heteroatoms. The highest BCUT2D eigenvalue weighted by Crippen LogP contribution is 2.33. The van der Waals surface area contributed by atoms with Gasteiger partial charge in [0, 0.05) is 13.1 Å². The van der Waals surface area contributed by atoms with Gasteiger partial charge in [-0.1, -0.05) is 24.3 Å².